The van der Waals surface area contributed by atoms with Crippen LogP contribution in [0.5, 0.6) is 11.6 Å². The van der Waals surface area contributed by atoms with E-state index in [-0.39, 0.29) is 17.8 Å². The molecule has 2 aromatic heterocycles. The van der Waals surface area contributed by atoms with Crippen molar-refractivity contribution in [3.8, 4) is 45.3 Å². The zero-order chi connectivity index (χ0) is 48.1. The van der Waals surface area contributed by atoms with Gasteiger partial charge < -0.3 is 0 Å². The number of hydrogen-bond acceptors (Lipinski definition) is 4. The Morgan fingerprint density at radius 2 is 1.16 bits per heavy atom. The SMILES string of the molecule is CC(C)(C)c1cccc(-c2cc(C(C)(C)C)cc(-c3ccccc3)c2-n2[c](=[Pt])n(-c3[c-]c(Oc4cccc(N5B(c6ccccc6)N(c6ccccc6)c6ccc[c-]c65)n4)ccc3)c3ccccc32)c1. The monoisotopic (exact) mass is 1090 g/mol. The number of rotatable bonds is 9. The van der Waals surface area contributed by atoms with E-state index < -0.39 is 0 Å². The number of aromatic nitrogens is 3. The van der Waals surface area contributed by atoms with Gasteiger partial charge in [-0.15, -0.1) is 6.07 Å². The Bertz CT molecular complexity index is 3590. The summed E-state index contributed by atoms with van der Waals surface area (Å²) in [5.74, 6) is 1.76. The van der Waals surface area contributed by atoms with Crippen LogP contribution in [-0.4, -0.2) is 21.1 Å². The summed E-state index contributed by atoms with van der Waals surface area (Å²) in [5.41, 5.74) is 15.4. The molecule has 0 aliphatic carbocycles. The fourth-order valence-electron chi connectivity index (χ4n) is 9.62. The van der Waals surface area contributed by atoms with Gasteiger partial charge in [0.1, 0.15) is 0 Å². The number of hydrogen-bond donors (Lipinski definition) is 0. The van der Waals surface area contributed by atoms with Gasteiger partial charge in [-0.1, -0.05) is 48.5 Å². The van der Waals surface area contributed by atoms with Crippen LogP contribution in [0.1, 0.15) is 52.7 Å². The van der Waals surface area contributed by atoms with Crippen LogP contribution in [0.15, 0.2) is 206 Å². The number of anilines is 4. The third-order valence-corrected chi connectivity index (χ3v) is 14.1. The standard InChI is InChI=1S/C62H52BN5O.Pt/c1-61(2,3)46-26-20-25-45(39-46)53-41-47(62(4,5)6)40-52(44-23-10-7-11-24-44)60(53)66-43-65(54-33-16-17-34-55(54)66)50-31-21-32-51(42-50)69-59-38-22-37-58(64-59)68-57-36-19-18-35-56(57)67(49-29-14-9-15-30-49)63(68)48-27-12-8-13-28-48;/h7-35,37-41H,1-6H3;/q-2;. The van der Waals surface area contributed by atoms with Crippen molar-refractivity contribution in [2.45, 2.75) is 52.4 Å². The first-order valence-corrected chi connectivity index (χ1v) is 25.0. The topological polar surface area (TPSA) is 38.5 Å². The molecule has 0 fully saturated rings. The Hall–Kier alpha value is -7.47. The summed E-state index contributed by atoms with van der Waals surface area (Å²) in [6.07, 6.45) is 0. The van der Waals surface area contributed by atoms with Gasteiger partial charge in [-0.3, -0.25) is 0 Å². The van der Waals surface area contributed by atoms with Crippen molar-refractivity contribution in [1.29, 1.82) is 0 Å². The summed E-state index contributed by atoms with van der Waals surface area (Å²) < 4.78 is 12.4. The molecule has 0 saturated heterocycles. The maximum absolute atomic E-state index is 6.72. The average Bonchev–Trinajstić information content (AvgIpc) is 3.88. The Labute approximate surface area is 422 Å². The summed E-state index contributed by atoms with van der Waals surface area (Å²) >= 11 is 2.51. The van der Waals surface area contributed by atoms with Gasteiger partial charge in [0.15, 0.2) is 0 Å². The minimum atomic E-state index is -0.222. The van der Waals surface area contributed by atoms with Crippen molar-refractivity contribution in [3.05, 3.63) is 233 Å². The number of imidazole rings is 1. The van der Waals surface area contributed by atoms with E-state index >= 15 is 0 Å². The van der Waals surface area contributed by atoms with Crippen molar-refractivity contribution >= 4 is 46.4 Å². The summed E-state index contributed by atoms with van der Waals surface area (Å²) in [4.78, 5) is 9.82. The van der Waals surface area contributed by atoms with Crippen LogP contribution in [0.4, 0.5) is 22.9 Å². The van der Waals surface area contributed by atoms with Gasteiger partial charge in [0, 0.05) is 5.69 Å². The number of nitrogens with zero attached hydrogens (tertiary/aromatic N) is 5. The number of benzene rings is 8. The zero-order valence-electron chi connectivity index (χ0n) is 40.2. The molecule has 346 valence electrons. The van der Waals surface area contributed by atoms with Gasteiger partial charge in [-0.25, -0.2) is 0 Å². The van der Waals surface area contributed by atoms with E-state index in [9.17, 15) is 0 Å². The molecule has 0 amide bonds. The molecule has 11 rings (SSSR count). The minimum absolute atomic E-state index is 0.0239. The molecule has 70 heavy (non-hydrogen) atoms. The van der Waals surface area contributed by atoms with E-state index in [2.05, 4.69) is 256 Å². The Kier molecular flexibility index (Phi) is 11.7. The van der Waals surface area contributed by atoms with Gasteiger partial charge in [-0.2, -0.15) is 12.1 Å². The van der Waals surface area contributed by atoms with E-state index in [4.69, 9.17) is 9.72 Å². The molecule has 0 saturated carbocycles. The predicted octanol–water partition coefficient (Wildman–Crippen LogP) is 14.9. The van der Waals surface area contributed by atoms with E-state index in [1.165, 1.54) is 27.8 Å². The van der Waals surface area contributed by atoms with Gasteiger partial charge >= 0.3 is 341 Å². The predicted molar refractivity (Wildman–Crippen MR) is 285 cm³/mol. The van der Waals surface area contributed by atoms with Crippen LogP contribution < -0.4 is 19.8 Å². The quantitative estimate of drug-likeness (QED) is 0.107. The zero-order valence-corrected chi connectivity index (χ0v) is 42.4. The van der Waals surface area contributed by atoms with Crippen molar-refractivity contribution in [2.24, 2.45) is 0 Å². The summed E-state index contributed by atoms with van der Waals surface area (Å²) in [7, 11) is 0. The molecule has 0 spiro atoms. The van der Waals surface area contributed by atoms with Crippen LogP contribution in [0, 0.1) is 15.9 Å². The molecule has 8 heteroatoms. The summed E-state index contributed by atoms with van der Waals surface area (Å²) in [6.45, 7) is 13.5. The van der Waals surface area contributed by atoms with Crippen LogP contribution in [0.3, 0.4) is 0 Å². The molecular weight excluding hydrogens is 1040 g/mol. The van der Waals surface area contributed by atoms with Crippen LogP contribution in [0.25, 0.3) is 44.7 Å². The van der Waals surface area contributed by atoms with Crippen LogP contribution in [-0.2, 0) is 30.2 Å². The second-order valence-corrected chi connectivity index (χ2v) is 20.9. The fraction of sp³-hybridized carbons (Fsp3) is 0.129. The Balaban J connectivity index is 1.04. The first-order chi connectivity index (χ1) is 33.9. The molecule has 0 unspecified atom stereocenters. The molecule has 6 nitrogen and oxygen atoms in total. The van der Waals surface area contributed by atoms with E-state index in [1.807, 2.05) is 42.5 Å². The molecule has 1 aliphatic heterocycles. The normalized spacial score (nSPS) is 12.7. The number of para-hydroxylation sites is 4. The molecule has 1 aliphatic rings. The molecule has 0 radical (unpaired) electrons. The first-order valence-electron chi connectivity index (χ1n) is 23.8. The second kappa shape index (κ2) is 18.1. The van der Waals surface area contributed by atoms with E-state index in [0.717, 1.165) is 60.1 Å². The van der Waals surface area contributed by atoms with Crippen LogP contribution >= 0.6 is 0 Å². The molecule has 8 aromatic carbocycles. The van der Waals surface area contributed by atoms with Gasteiger partial charge in [0.2, 0.25) is 0 Å². The maximum atomic E-state index is 6.72. The molecule has 0 atom stereocenters. The number of pyridine rings is 1. The Morgan fingerprint density at radius 1 is 0.543 bits per heavy atom. The second-order valence-electron chi connectivity index (χ2n) is 19.9. The molecule has 10 aromatic rings. The van der Waals surface area contributed by atoms with Gasteiger partial charge in [-0.05, 0) is 12.1 Å². The van der Waals surface area contributed by atoms with Crippen molar-refractivity contribution in [3.63, 3.8) is 0 Å². The fourth-order valence-corrected chi connectivity index (χ4v) is 10.7. The van der Waals surface area contributed by atoms with E-state index in [1.54, 1.807) is 0 Å². The van der Waals surface area contributed by atoms with E-state index in [0.29, 0.717) is 11.6 Å². The number of ether oxygens (including phenoxy) is 1. The Morgan fingerprint density at radius 3 is 1.87 bits per heavy atom. The molecular formula is C62H52BN5OPt-2. The summed E-state index contributed by atoms with van der Waals surface area (Å²) in [6, 6.07) is 79.9. The van der Waals surface area contributed by atoms with Gasteiger partial charge in [0.25, 0.3) is 0 Å². The number of fused-ring (bicyclic) bond motifs is 2. The molecule has 0 N–H and O–H groups in total. The molecule has 3 heterocycles. The average molecular weight is 1090 g/mol. The first kappa shape index (κ1) is 45.0. The van der Waals surface area contributed by atoms with Crippen molar-refractivity contribution < 1.29 is 24.1 Å². The van der Waals surface area contributed by atoms with Gasteiger partial charge in [0.05, 0.1) is 0 Å². The summed E-state index contributed by atoms with van der Waals surface area (Å²) in [5, 5.41) is 0. The molecule has 0 bridgehead atoms. The van der Waals surface area contributed by atoms with Crippen LogP contribution in [0.2, 0.25) is 0 Å². The van der Waals surface area contributed by atoms with Crippen molar-refractivity contribution in [1.82, 2.24) is 14.1 Å². The third-order valence-electron chi connectivity index (χ3n) is 13.1. The van der Waals surface area contributed by atoms with Crippen molar-refractivity contribution in [2.75, 3.05) is 9.62 Å². The third kappa shape index (κ3) is 8.32.